The van der Waals surface area contributed by atoms with Gasteiger partial charge in [0.1, 0.15) is 12.4 Å². The van der Waals surface area contributed by atoms with Gasteiger partial charge in [-0.05, 0) is 35.9 Å². The Morgan fingerprint density at radius 1 is 1.13 bits per heavy atom. The molecule has 0 spiro atoms. The number of ether oxygens (including phenoxy) is 2. The quantitative estimate of drug-likeness (QED) is 0.688. The molecule has 0 saturated carbocycles. The summed E-state index contributed by atoms with van der Waals surface area (Å²) in [5, 5.41) is 0. The van der Waals surface area contributed by atoms with E-state index in [9.17, 15) is 18.0 Å². The van der Waals surface area contributed by atoms with Crippen LogP contribution in [0.2, 0.25) is 0 Å². The number of alkyl halides is 3. The van der Waals surface area contributed by atoms with Gasteiger partial charge in [0.25, 0.3) is 0 Å². The maximum absolute atomic E-state index is 12.8. The minimum absolute atomic E-state index is 0.0582. The highest BCUT2D eigenvalue weighted by Gasteiger charge is 2.33. The summed E-state index contributed by atoms with van der Waals surface area (Å²) in [7, 11) is 1.28. The van der Waals surface area contributed by atoms with Gasteiger partial charge in [0.2, 0.25) is 0 Å². The van der Waals surface area contributed by atoms with Crippen molar-refractivity contribution in [3.05, 3.63) is 59.2 Å². The van der Waals surface area contributed by atoms with Crippen LogP contribution >= 0.6 is 0 Å². The van der Waals surface area contributed by atoms with Crippen molar-refractivity contribution in [2.45, 2.75) is 12.8 Å². The third-order valence-electron chi connectivity index (χ3n) is 3.11. The SMILES string of the molecule is COC(=O)c1ccc(COc2ccc(N)c(C(F)(F)F)c2)cc1. The van der Waals surface area contributed by atoms with Gasteiger partial charge in [-0.3, -0.25) is 0 Å². The molecule has 23 heavy (non-hydrogen) atoms. The van der Waals surface area contributed by atoms with Gasteiger partial charge >= 0.3 is 12.1 Å². The highest BCUT2D eigenvalue weighted by molar-refractivity contribution is 5.89. The Morgan fingerprint density at radius 2 is 1.78 bits per heavy atom. The Balaban J connectivity index is 2.08. The number of benzene rings is 2. The standard InChI is InChI=1S/C16H14F3NO3/c1-22-15(21)11-4-2-10(3-5-11)9-23-12-6-7-14(20)13(8-12)16(17,18)19/h2-8H,9,20H2,1H3. The van der Waals surface area contributed by atoms with Crippen LogP contribution in [0.25, 0.3) is 0 Å². The van der Waals surface area contributed by atoms with E-state index in [1.54, 1.807) is 24.3 Å². The smallest absolute Gasteiger partial charge is 0.418 e. The lowest BCUT2D eigenvalue weighted by Crippen LogP contribution is -2.09. The Bertz CT molecular complexity index is 697. The third kappa shape index (κ3) is 4.15. The van der Waals surface area contributed by atoms with Gasteiger partial charge in [0.05, 0.1) is 18.2 Å². The van der Waals surface area contributed by atoms with Gasteiger partial charge in [-0.2, -0.15) is 13.2 Å². The van der Waals surface area contributed by atoms with Gasteiger partial charge in [-0.25, -0.2) is 4.79 Å². The molecule has 0 atom stereocenters. The Morgan fingerprint density at radius 3 is 2.35 bits per heavy atom. The molecule has 0 amide bonds. The van der Waals surface area contributed by atoms with Crippen LogP contribution in [0.1, 0.15) is 21.5 Å². The Hall–Kier alpha value is -2.70. The average molecular weight is 325 g/mol. The molecule has 0 aliphatic rings. The molecule has 0 aromatic heterocycles. The maximum atomic E-state index is 12.8. The second kappa shape index (κ2) is 6.60. The van der Waals surface area contributed by atoms with Crippen molar-refractivity contribution in [1.29, 1.82) is 0 Å². The third-order valence-corrected chi connectivity index (χ3v) is 3.11. The molecule has 0 bridgehead atoms. The number of carbonyl (C=O) groups is 1. The van der Waals surface area contributed by atoms with Crippen molar-refractivity contribution in [3.63, 3.8) is 0 Å². The number of methoxy groups -OCH3 is 1. The van der Waals surface area contributed by atoms with Crippen molar-refractivity contribution < 1.29 is 27.4 Å². The number of anilines is 1. The van der Waals surface area contributed by atoms with Crippen LogP contribution in [0, 0.1) is 0 Å². The van der Waals surface area contributed by atoms with Crippen LogP contribution in [0.4, 0.5) is 18.9 Å². The summed E-state index contributed by atoms with van der Waals surface area (Å²) in [6.07, 6.45) is -4.54. The van der Waals surface area contributed by atoms with E-state index in [1.165, 1.54) is 13.2 Å². The number of rotatable bonds is 4. The Labute approximate surface area is 130 Å². The number of carbonyl (C=O) groups excluding carboxylic acids is 1. The first-order valence-electron chi connectivity index (χ1n) is 6.58. The summed E-state index contributed by atoms with van der Waals surface area (Å²) in [5.41, 5.74) is 5.11. The molecule has 0 saturated heterocycles. The van der Waals surface area contributed by atoms with E-state index in [0.717, 1.165) is 12.1 Å². The second-order valence-electron chi connectivity index (χ2n) is 4.72. The molecule has 122 valence electrons. The van der Waals surface area contributed by atoms with Crippen LogP contribution in [0.5, 0.6) is 5.75 Å². The predicted molar refractivity (Wildman–Crippen MR) is 78.0 cm³/mol. The van der Waals surface area contributed by atoms with Gasteiger partial charge in [0, 0.05) is 5.69 Å². The minimum atomic E-state index is -4.54. The first-order valence-corrected chi connectivity index (χ1v) is 6.58. The summed E-state index contributed by atoms with van der Waals surface area (Å²) in [6.45, 7) is 0.0582. The highest BCUT2D eigenvalue weighted by Crippen LogP contribution is 2.35. The zero-order chi connectivity index (χ0) is 17.0. The van der Waals surface area contributed by atoms with Crippen molar-refractivity contribution in [2.24, 2.45) is 0 Å². The molecule has 2 rings (SSSR count). The highest BCUT2D eigenvalue weighted by atomic mass is 19.4. The van der Waals surface area contributed by atoms with E-state index >= 15 is 0 Å². The van der Waals surface area contributed by atoms with E-state index in [4.69, 9.17) is 10.5 Å². The van der Waals surface area contributed by atoms with E-state index in [0.29, 0.717) is 11.1 Å². The number of nitrogens with two attached hydrogens (primary N) is 1. The zero-order valence-corrected chi connectivity index (χ0v) is 12.2. The molecule has 2 aromatic rings. The normalized spacial score (nSPS) is 11.1. The fraction of sp³-hybridized carbons (Fsp3) is 0.188. The van der Waals surface area contributed by atoms with Gasteiger partial charge < -0.3 is 15.2 Å². The fourth-order valence-electron chi connectivity index (χ4n) is 1.89. The predicted octanol–water partition coefficient (Wildman–Crippen LogP) is 3.65. The maximum Gasteiger partial charge on any atom is 0.418 e. The Kier molecular flexibility index (Phi) is 4.78. The zero-order valence-electron chi connectivity index (χ0n) is 12.2. The second-order valence-corrected chi connectivity index (χ2v) is 4.72. The number of esters is 1. The van der Waals surface area contributed by atoms with Crippen molar-refractivity contribution in [1.82, 2.24) is 0 Å². The fourth-order valence-corrected chi connectivity index (χ4v) is 1.89. The molecule has 0 aliphatic heterocycles. The lowest BCUT2D eigenvalue weighted by Gasteiger charge is -2.12. The van der Waals surface area contributed by atoms with E-state index in [2.05, 4.69) is 4.74 Å². The van der Waals surface area contributed by atoms with Gasteiger partial charge in [-0.15, -0.1) is 0 Å². The topological polar surface area (TPSA) is 61.5 Å². The van der Waals surface area contributed by atoms with Crippen molar-refractivity contribution >= 4 is 11.7 Å². The molecule has 0 radical (unpaired) electrons. The molecule has 0 heterocycles. The van der Waals surface area contributed by atoms with Crippen LogP contribution in [-0.2, 0) is 17.5 Å². The summed E-state index contributed by atoms with van der Waals surface area (Å²) in [4.78, 5) is 11.3. The molecule has 0 unspecified atom stereocenters. The average Bonchev–Trinajstić information content (AvgIpc) is 2.52. The van der Waals surface area contributed by atoms with Gasteiger partial charge in [-0.1, -0.05) is 12.1 Å². The molecule has 0 fully saturated rings. The molecular formula is C16H14F3NO3. The van der Waals surface area contributed by atoms with Crippen LogP contribution in [0.3, 0.4) is 0 Å². The molecule has 0 aliphatic carbocycles. The number of hydrogen-bond acceptors (Lipinski definition) is 4. The summed E-state index contributed by atoms with van der Waals surface area (Å²) >= 11 is 0. The molecule has 4 nitrogen and oxygen atoms in total. The summed E-state index contributed by atoms with van der Waals surface area (Å²) in [6, 6.07) is 9.75. The van der Waals surface area contributed by atoms with Crippen LogP contribution in [0.15, 0.2) is 42.5 Å². The van der Waals surface area contributed by atoms with Crippen LogP contribution in [-0.4, -0.2) is 13.1 Å². The molecular weight excluding hydrogens is 311 g/mol. The largest absolute Gasteiger partial charge is 0.489 e. The van der Waals surface area contributed by atoms with Gasteiger partial charge in [0.15, 0.2) is 0 Å². The lowest BCUT2D eigenvalue weighted by molar-refractivity contribution is -0.137. The molecule has 7 heteroatoms. The van der Waals surface area contributed by atoms with E-state index < -0.39 is 17.7 Å². The van der Waals surface area contributed by atoms with Crippen molar-refractivity contribution in [3.8, 4) is 5.75 Å². The number of nitrogen functional groups attached to an aromatic ring is 1. The van der Waals surface area contributed by atoms with E-state index in [1.807, 2.05) is 0 Å². The molecule has 2 N–H and O–H groups in total. The van der Waals surface area contributed by atoms with E-state index in [-0.39, 0.29) is 18.0 Å². The summed E-state index contributed by atoms with van der Waals surface area (Å²) < 4.78 is 48.2. The lowest BCUT2D eigenvalue weighted by atomic mass is 10.1. The van der Waals surface area contributed by atoms with Crippen molar-refractivity contribution in [2.75, 3.05) is 12.8 Å². The first-order chi connectivity index (χ1) is 10.8. The summed E-state index contributed by atoms with van der Waals surface area (Å²) in [5.74, 6) is -0.408. The number of hydrogen-bond donors (Lipinski definition) is 1. The number of halogens is 3. The molecule has 2 aromatic carbocycles. The first kappa shape index (κ1) is 16.7. The van der Waals surface area contributed by atoms with Crippen LogP contribution < -0.4 is 10.5 Å². The minimum Gasteiger partial charge on any atom is -0.489 e. The monoisotopic (exact) mass is 325 g/mol.